The summed E-state index contributed by atoms with van der Waals surface area (Å²) in [7, 11) is -3.86. The molecule has 0 aliphatic heterocycles. The molecular formula is C75H66N2O2P2+2. The highest BCUT2D eigenvalue weighted by atomic mass is 31.2. The number of ether oxygens (including phenoxy) is 2. The average Bonchev–Trinajstić information content (AvgIpc) is 3.55. The number of hydrogen-bond donors (Lipinski definition) is 0. The summed E-state index contributed by atoms with van der Waals surface area (Å²) in [5, 5.41) is 27.8. The van der Waals surface area contributed by atoms with E-state index in [0.717, 1.165) is 88.5 Å². The molecule has 0 bridgehead atoms. The lowest BCUT2D eigenvalue weighted by molar-refractivity contribution is 0.309. The molecule has 4 nitrogen and oxygen atoms in total. The van der Waals surface area contributed by atoms with Crippen molar-refractivity contribution >= 4 is 63.1 Å². The summed E-state index contributed by atoms with van der Waals surface area (Å²) in [6.45, 7) is 3.03. The molecule has 10 rings (SSSR count). The van der Waals surface area contributed by atoms with Gasteiger partial charge in [0, 0.05) is 0 Å². The van der Waals surface area contributed by atoms with Crippen LogP contribution in [0.25, 0.3) is 16.7 Å². The van der Waals surface area contributed by atoms with Gasteiger partial charge in [-0.25, -0.2) is 0 Å². The number of nitrogens with zero attached hydrogens (tertiary/aromatic N) is 2. The molecule has 0 radical (unpaired) electrons. The van der Waals surface area contributed by atoms with Gasteiger partial charge in [-0.15, -0.1) is 0 Å². The second kappa shape index (κ2) is 27.3. The lowest BCUT2D eigenvalue weighted by Crippen LogP contribution is -2.33. The van der Waals surface area contributed by atoms with E-state index in [1.165, 1.54) is 31.8 Å². The van der Waals surface area contributed by atoms with Crippen molar-refractivity contribution in [1.29, 1.82) is 10.5 Å². The molecule has 0 spiro atoms. The van der Waals surface area contributed by atoms with Crippen LogP contribution in [-0.4, -0.2) is 25.5 Å². The van der Waals surface area contributed by atoms with E-state index in [1.54, 1.807) is 0 Å². The highest BCUT2D eigenvalue weighted by Crippen LogP contribution is 2.57. The number of hydrogen-bond acceptors (Lipinski definition) is 4. The molecule has 396 valence electrons. The van der Waals surface area contributed by atoms with Crippen molar-refractivity contribution in [2.24, 2.45) is 0 Å². The molecule has 10 aromatic carbocycles. The normalized spacial score (nSPS) is 11.1. The third-order valence-electron chi connectivity index (χ3n) is 15.3. The van der Waals surface area contributed by atoms with Gasteiger partial charge in [0.1, 0.15) is 75.6 Å². The first kappa shape index (κ1) is 55.4. The zero-order valence-electron chi connectivity index (χ0n) is 45.9. The highest BCUT2D eigenvalue weighted by molar-refractivity contribution is 7.96. The van der Waals surface area contributed by atoms with Crippen molar-refractivity contribution in [1.82, 2.24) is 0 Å². The fourth-order valence-corrected chi connectivity index (χ4v) is 20.0. The van der Waals surface area contributed by atoms with E-state index in [2.05, 4.69) is 279 Å². The van der Waals surface area contributed by atoms with Gasteiger partial charge in [-0.3, -0.25) is 0 Å². The summed E-state index contributed by atoms with van der Waals surface area (Å²) in [5.41, 5.74) is 7.83. The largest absolute Gasteiger partial charge is 0.494 e. The Bertz CT molecular complexity index is 3340. The molecule has 10 aromatic rings. The molecule has 0 aliphatic rings. The average molecular weight is 1090 g/mol. The van der Waals surface area contributed by atoms with Crippen LogP contribution in [0.1, 0.15) is 60.4 Å². The third kappa shape index (κ3) is 12.8. The standard InChI is InChI=1S/C75H66N2O2P2/c1-59(65(57-76)58-77)60-41-43-62(44-42-60)74(61-27-9-2-10-28-61)75(63-45-49-66(50-46-63)78-53-23-25-55-80(68-29-11-3-12-30-68,69-31-13-4-14-32-69)70-33-15-5-16-34-70)64-47-51-67(52-48-64)79-54-24-26-56-81(71-35-17-6-18-36-71,72-37-19-7-20-38-72)73-39-21-8-22-40-73/h2-22,27-52H,23-26,53-56H2,1H3/q+2. The van der Waals surface area contributed by atoms with Gasteiger partial charge in [-0.2, -0.15) is 10.5 Å². The summed E-state index contributed by atoms with van der Waals surface area (Å²) >= 11 is 0. The fraction of sp³-hybridized carbons (Fsp3) is 0.120. The number of rotatable bonds is 23. The molecule has 0 unspecified atom stereocenters. The Balaban J connectivity index is 0.906. The van der Waals surface area contributed by atoms with E-state index in [4.69, 9.17) is 9.47 Å². The molecule has 0 amide bonds. The van der Waals surface area contributed by atoms with Crippen LogP contribution in [-0.2, 0) is 0 Å². The molecule has 6 heteroatoms. The monoisotopic (exact) mass is 1090 g/mol. The molecule has 0 saturated carbocycles. The molecule has 0 fully saturated rings. The minimum Gasteiger partial charge on any atom is -0.494 e. The van der Waals surface area contributed by atoms with Crippen LogP contribution in [0.2, 0.25) is 0 Å². The lowest BCUT2D eigenvalue weighted by atomic mass is 9.85. The lowest BCUT2D eigenvalue weighted by Gasteiger charge is -2.27. The van der Waals surface area contributed by atoms with Gasteiger partial charge in [0.2, 0.25) is 0 Å². The van der Waals surface area contributed by atoms with Gasteiger partial charge in [0.05, 0.1) is 25.5 Å². The molecule has 0 atom stereocenters. The van der Waals surface area contributed by atoms with Crippen LogP contribution in [0.5, 0.6) is 11.5 Å². The van der Waals surface area contributed by atoms with Crippen molar-refractivity contribution in [3.05, 3.63) is 319 Å². The zero-order chi connectivity index (χ0) is 55.5. The van der Waals surface area contributed by atoms with Crippen molar-refractivity contribution in [3.63, 3.8) is 0 Å². The first-order valence-corrected chi connectivity index (χ1v) is 31.9. The minimum atomic E-state index is -1.93. The Morgan fingerprint density at radius 1 is 0.309 bits per heavy atom. The predicted molar refractivity (Wildman–Crippen MR) is 344 cm³/mol. The summed E-state index contributed by atoms with van der Waals surface area (Å²) < 4.78 is 13.1. The van der Waals surface area contributed by atoms with Crippen LogP contribution in [0.15, 0.2) is 291 Å². The Hall–Kier alpha value is -8.88. The molecule has 0 heterocycles. The Morgan fingerprint density at radius 3 is 0.840 bits per heavy atom. The minimum absolute atomic E-state index is 0.106. The third-order valence-corrected chi connectivity index (χ3v) is 24.4. The van der Waals surface area contributed by atoms with E-state index >= 15 is 0 Å². The van der Waals surface area contributed by atoms with Crippen molar-refractivity contribution in [3.8, 4) is 23.6 Å². The van der Waals surface area contributed by atoms with Crippen LogP contribution in [0.4, 0.5) is 0 Å². The predicted octanol–water partition coefficient (Wildman–Crippen LogP) is 15.8. The molecule has 0 aliphatic carbocycles. The van der Waals surface area contributed by atoms with Crippen molar-refractivity contribution < 1.29 is 9.47 Å². The molecule has 81 heavy (non-hydrogen) atoms. The van der Waals surface area contributed by atoms with Crippen LogP contribution >= 0.6 is 14.5 Å². The SMILES string of the molecule is CC(=C(C#N)C#N)c1ccc(C(=C(c2ccc(OCCCC[P+](c3ccccc3)(c3ccccc3)c3ccccc3)cc2)c2ccc(OCCCC[P+](c3ccccc3)(c3ccccc3)c3ccccc3)cc2)c2ccccc2)cc1. The summed E-state index contributed by atoms with van der Waals surface area (Å²) in [6, 6.07) is 106. The molecular weight excluding hydrogens is 1020 g/mol. The smallest absolute Gasteiger partial charge is 0.133 e. The first-order valence-electron chi connectivity index (χ1n) is 28.0. The Morgan fingerprint density at radius 2 is 0.556 bits per heavy atom. The van der Waals surface area contributed by atoms with E-state index in [0.29, 0.717) is 18.8 Å². The second-order valence-corrected chi connectivity index (χ2v) is 27.4. The van der Waals surface area contributed by atoms with Crippen molar-refractivity contribution in [2.75, 3.05) is 25.5 Å². The number of allylic oxidation sites excluding steroid dienone is 2. The number of unbranched alkanes of at least 4 members (excludes halogenated alkanes) is 2. The molecule has 0 aromatic heterocycles. The zero-order valence-corrected chi connectivity index (χ0v) is 47.7. The summed E-state index contributed by atoms with van der Waals surface area (Å²) in [5.74, 6) is 1.65. The maximum atomic E-state index is 9.70. The van der Waals surface area contributed by atoms with Gasteiger partial charge in [-0.1, -0.05) is 188 Å². The molecule has 0 saturated heterocycles. The van der Waals surface area contributed by atoms with Crippen LogP contribution < -0.4 is 41.3 Å². The van der Waals surface area contributed by atoms with E-state index in [1.807, 2.05) is 25.1 Å². The summed E-state index contributed by atoms with van der Waals surface area (Å²) in [6.07, 6.45) is 5.95. The van der Waals surface area contributed by atoms with Gasteiger partial charge >= 0.3 is 0 Å². The first-order chi connectivity index (χ1) is 40.0. The van der Waals surface area contributed by atoms with E-state index < -0.39 is 14.5 Å². The maximum absolute atomic E-state index is 9.70. The summed E-state index contributed by atoms with van der Waals surface area (Å²) in [4.78, 5) is 0. The van der Waals surface area contributed by atoms with Crippen LogP contribution in [0.3, 0.4) is 0 Å². The Labute approximate surface area is 480 Å². The van der Waals surface area contributed by atoms with Gasteiger partial charge < -0.3 is 9.47 Å². The fourth-order valence-electron chi connectivity index (χ4n) is 11.2. The van der Waals surface area contributed by atoms with E-state index in [9.17, 15) is 10.5 Å². The maximum Gasteiger partial charge on any atom is 0.133 e. The quantitative estimate of drug-likeness (QED) is 0.0277. The van der Waals surface area contributed by atoms with Gasteiger partial charge in [0.25, 0.3) is 0 Å². The van der Waals surface area contributed by atoms with Gasteiger partial charge in [0.15, 0.2) is 0 Å². The van der Waals surface area contributed by atoms with Gasteiger partial charge in [-0.05, 0) is 174 Å². The number of benzene rings is 10. The topological polar surface area (TPSA) is 66.0 Å². The number of nitriles is 2. The Kier molecular flexibility index (Phi) is 18.7. The van der Waals surface area contributed by atoms with Crippen molar-refractivity contribution in [2.45, 2.75) is 32.6 Å². The molecule has 0 N–H and O–H groups in total. The second-order valence-electron chi connectivity index (χ2n) is 20.2. The van der Waals surface area contributed by atoms with Crippen LogP contribution in [0, 0.1) is 22.7 Å². The highest BCUT2D eigenvalue weighted by Gasteiger charge is 2.45. The van der Waals surface area contributed by atoms with E-state index in [-0.39, 0.29) is 5.57 Å².